The number of phenols is 2. The zero-order valence-electron chi connectivity index (χ0n) is 22.3. The highest BCUT2D eigenvalue weighted by molar-refractivity contribution is 5.98. The van der Waals surface area contributed by atoms with Gasteiger partial charge in [0.25, 0.3) is 0 Å². The average molecular weight is 534 g/mol. The molecule has 2 atom stereocenters. The molecule has 0 amide bonds. The lowest BCUT2D eigenvalue weighted by molar-refractivity contribution is -0.140. The van der Waals surface area contributed by atoms with Crippen LogP contribution in [0.25, 0.3) is 0 Å². The number of esters is 1. The first-order valence-electron chi connectivity index (χ1n) is 12.4. The zero-order valence-corrected chi connectivity index (χ0v) is 22.3. The van der Waals surface area contributed by atoms with Crippen molar-refractivity contribution >= 4 is 11.8 Å². The molecule has 0 unspecified atom stereocenters. The van der Waals surface area contributed by atoms with Gasteiger partial charge in [0.15, 0.2) is 5.78 Å². The summed E-state index contributed by atoms with van der Waals surface area (Å²) in [6.45, 7) is 9.05. The number of pyridine rings is 1. The number of fused-ring (bicyclic) bond motifs is 1. The Morgan fingerprint density at radius 2 is 1.82 bits per heavy atom. The quantitative estimate of drug-likeness (QED) is 0.198. The van der Waals surface area contributed by atoms with E-state index in [2.05, 4.69) is 11.6 Å². The summed E-state index contributed by atoms with van der Waals surface area (Å²) in [7, 11) is 1.24. The summed E-state index contributed by atoms with van der Waals surface area (Å²) in [5.41, 5.74) is 2.94. The van der Waals surface area contributed by atoms with Crippen LogP contribution in [0.3, 0.4) is 0 Å². The third-order valence-corrected chi connectivity index (χ3v) is 6.74. The first-order valence-corrected chi connectivity index (χ1v) is 12.4. The minimum absolute atomic E-state index is 0.0268. The highest BCUT2D eigenvalue weighted by Crippen LogP contribution is 2.50. The first kappa shape index (κ1) is 27.7. The van der Waals surface area contributed by atoms with Gasteiger partial charge in [0.05, 0.1) is 31.4 Å². The number of nitrogens with zero attached hydrogens (tertiary/aromatic N) is 1. The molecular weight excluding hydrogens is 502 g/mol. The second kappa shape index (κ2) is 11.2. The van der Waals surface area contributed by atoms with Crippen LogP contribution >= 0.6 is 0 Å². The molecule has 4 rings (SSSR count). The van der Waals surface area contributed by atoms with Gasteiger partial charge in [-0.05, 0) is 50.1 Å². The number of ether oxygens (including phenoxy) is 3. The maximum absolute atomic E-state index is 12.6. The molecule has 9 nitrogen and oxygen atoms in total. The van der Waals surface area contributed by atoms with Crippen molar-refractivity contribution in [1.82, 2.24) is 4.98 Å². The average Bonchev–Trinajstić information content (AvgIpc) is 3.33. The topological polar surface area (TPSA) is 135 Å². The molecule has 0 saturated carbocycles. The molecule has 1 aliphatic rings. The lowest BCUT2D eigenvalue weighted by Gasteiger charge is -2.24. The van der Waals surface area contributed by atoms with Gasteiger partial charge in [-0.15, -0.1) is 0 Å². The Labute approximate surface area is 226 Å². The number of carbonyl (C=O) groups is 2. The molecule has 0 bridgehead atoms. The van der Waals surface area contributed by atoms with Gasteiger partial charge in [-0.3, -0.25) is 14.6 Å². The van der Waals surface area contributed by atoms with Crippen LogP contribution in [0.5, 0.6) is 23.0 Å². The zero-order chi connectivity index (χ0) is 28.4. The number of carbonyl (C=O) groups excluding carboxylic acids is 2. The summed E-state index contributed by atoms with van der Waals surface area (Å²) in [4.78, 5) is 29.3. The largest absolute Gasteiger partial charge is 0.507 e. The molecule has 0 radical (unpaired) electrons. The fourth-order valence-corrected chi connectivity index (χ4v) is 4.70. The molecule has 3 aromatic rings. The van der Waals surface area contributed by atoms with E-state index in [0.717, 1.165) is 5.57 Å². The molecule has 0 fully saturated rings. The van der Waals surface area contributed by atoms with Gasteiger partial charge < -0.3 is 29.5 Å². The maximum Gasteiger partial charge on any atom is 0.306 e. The molecule has 1 aliphatic heterocycles. The summed E-state index contributed by atoms with van der Waals surface area (Å²) in [6, 6.07) is 8.19. The molecule has 2 heterocycles. The van der Waals surface area contributed by atoms with Crippen molar-refractivity contribution in [3.63, 3.8) is 0 Å². The van der Waals surface area contributed by atoms with Gasteiger partial charge >= 0.3 is 5.97 Å². The number of Topliss-reactive ketones (excluding diaryl/α,β-unsaturated/α-hetero) is 1. The number of hydrogen-bond acceptors (Lipinski definition) is 9. The molecule has 0 spiro atoms. The van der Waals surface area contributed by atoms with Crippen LogP contribution in [0.15, 0.2) is 48.7 Å². The normalized spacial score (nSPS) is 14.9. The summed E-state index contributed by atoms with van der Waals surface area (Å²) >= 11 is 0. The summed E-state index contributed by atoms with van der Waals surface area (Å²) in [5, 5.41) is 33.6. The van der Waals surface area contributed by atoms with Gasteiger partial charge in [0.2, 0.25) is 0 Å². The Bertz CT molecular complexity index is 1440. The van der Waals surface area contributed by atoms with E-state index in [9.17, 15) is 24.9 Å². The van der Waals surface area contributed by atoms with Gasteiger partial charge in [-0.2, -0.15) is 0 Å². The highest BCUT2D eigenvalue weighted by atomic mass is 16.5. The monoisotopic (exact) mass is 533 g/mol. The van der Waals surface area contributed by atoms with E-state index in [-0.39, 0.29) is 41.2 Å². The van der Waals surface area contributed by atoms with E-state index in [0.29, 0.717) is 34.7 Å². The molecule has 0 aliphatic carbocycles. The number of benzene rings is 2. The molecular formula is C30H31NO8. The van der Waals surface area contributed by atoms with Crippen molar-refractivity contribution in [3.8, 4) is 23.0 Å². The van der Waals surface area contributed by atoms with Crippen molar-refractivity contribution in [2.24, 2.45) is 0 Å². The maximum atomic E-state index is 12.6. The van der Waals surface area contributed by atoms with E-state index in [1.54, 1.807) is 37.4 Å². The van der Waals surface area contributed by atoms with Gasteiger partial charge in [-0.25, -0.2) is 0 Å². The van der Waals surface area contributed by atoms with E-state index >= 15 is 0 Å². The number of phenolic OH excluding ortho intramolecular Hbond substituents is 2. The Hall–Kier alpha value is -4.37. The Balaban J connectivity index is 1.89. The summed E-state index contributed by atoms with van der Waals surface area (Å²) in [5.74, 6) is -2.25. The van der Waals surface area contributed by atoms with Gasteiger partial charge in [0.1, 0.15) is 35.7 Å². The van der Waals surface area contributed by atoms with Crippen LogP contribution in [0.2, 0.25) is 0 Å². The Kier molecular flexibility index (Phi) is 7.92. The number of hydrogen-bond donors (Lipinski definition) is 3. The van der Waals surface area contributed by atoms with Crippen molar-refractivity contribution < 1.29 is 39.1 Å². The van der Waals surface area contributed by atoms with E-state index in [1.165, 1.54) is 20.1 Å². The number of aromatic nitrogens is 1. The van der Waals surface area contributed by atoms with Crippen molar-refractivity contribution in [2.75, 3.05) is 13.7 Å². The molecule has 0 saturated heterocycles. The number of aromatic hydroxyl groups is 3. The number of aryl methyl sites for hydroxylation is 1. The predicted molar refractivity (Wildman–Crippen MR) is 142 cm³/mol. The number of methoxy groups -OCH3 is 1. The fourth-order valence-electron chi connectivity index (χ4n) is 4.70. The molecule has 1 aromatic heterocycles. The summed E-state index contributed by atoms with van der Waals surface area (Å²) < 4.78 is 16.5. The van der Waals surface area contributed by atoms with Crippen LogP contribution < -0.4 is 4.74 Å². The van der Waals surface area contributed by atoms with Crippen LogP contribution in [-0.2, 0) is 20.9 Å². The van der Waals surface area contributed by atoms with Crippen molar-refractivity contribution in [1.29, 1.82) is 0 Å². The minimum Gasteiger partial charge on any atom is -0.507 e. The molecule has 9 heteroatoms. The second-order valence-electron chi connectivity index (χ2n) is 9.65. The predicted octanol–water partition coefficient (Wildman–Crippen LogP) is 4.98. The molecule has 39 heavy (non-hydrogen) atoms. The van der Waals surface area contributed by atoms with Crippen molar-refractivity contribution in [2.45, 2.75) is 45.8 Å². The van der Waals surface area contributed by atoms with E-state index in [1.807, 2.05) is 6.92 Å². The Morgan fingerprint density at radius 1 is 1.13 bits per heavy atom. The van der Waals surface area contributed by atoms with Gasteiger partial charge in [0, 0.05) is 34.4 Å². The van der Waals surface area contributed by atoms with Crippen molar-refractivity contribution in [3.05, 3.63) is 87.8 Å². The molecule has 204 valence electrons. The van der Waals surface area contributed by atoms with E-state index < -0.39 is 29.5 Å². The second-order valence-corrected chi connectivity index (χ2v) is 9.65. The van der Waals surface area contributed by atoms with Crippen LogP contribution in [-0.4, -0.2) is 45.8 Å². The third kappa shape index (κ3) is 5.44. The number of rotatable bonds is 9. The Morgan fingerprint density at radius 3 is 2.44 bits per heavy atom. The SMILES string of the molecule is C=C(C)COc1ccc([C@H](CC(=O)OC)c2c(O)c(C(C)=O)cc([C@H]3OCc4cnc(C)c(O)c43)c2O)cc1. The van der Waals surface area contributed by atoms with Crippen LogP contribution in [0.1, 0.15) is 76.2 Å². The summed E-state index contributed by atoms with van der Waals surface area (Å²) in [6.07, 6.45) is 0.420. The van der Waals surface area contributed by atoms with E-state index in [4.69, 9.17) is 14.2 Å². The molecule has 3 N–H and O–H groups in total. The third-order valence-electron chi connectivity index (χ3n) is 6.74. The fraction of sp³-hybridized carbons (Fsp3) is 0.300. The molecule has 2 aromatic carbocycles. The lowest BCUT2D eigenvalue weighted by atomic mass is 9.83. The minimum atomic E-state index is -0.934. The van der Waals surface area contributed by atoms with Crippen LogP contribution in [0.4, 0.5) is 0 Å². The first-order chi connectivity index (χ1) is 18.5. The van der Waals surface area contributed by atoms with Gasteiger partial charge in [-0.1, -0.05) is 18.7 Å². The lowest BCUT2D eigenvalue weighted by Crippen LogP contribution is -2.13. The standard InChI is InChI=1S/C30H31NO8/c1-15(2)13-38-20-8-6-18(7-9-20)22(11-24(33)37-5)26-28(35)21(17(4)32)10-23(29(26)36)30-25-19(14-39-30)12-31-16(3)27(25)34/h6-10,12,22,30,34-36H,1,11,13-14H2,2-5H3/t22-,30+/m0/s1. The van der Waals surface area contributed by atoms with Crippen LogP contribution in [0, 0.1) is 6.92 Å². The smallest absolute Gasteiger partial charge is 0.306 e. The number of ketones is 1. The highest BCUT2D eigenvalue weighted by Gasteiger charge is 2.36.